The van der Waals surface area contributed by atoms with Gasteiger partial charge in [0, 0.05) is 0 Å². The molecule has 0 aliphatic heterocycles. The molecule has 0 aliphatic rings. The van der Waals surface area contributed by atoms with Crippen molar-refractivity contribution in [3.8, 4) is 0 Å². The summed E-state index contributed by atoms with van der Waals surface area (Å²) in [5.74, 6) is 0. The van der Waals surface area contributed by atoms with E-state index in [-0.39, 0.29) is 44.7 Å². The van der Waals surface area contributed by atoms with Gasteiger partial charge in [0.15, 0.2) is 0 Å². The smallest absolute Gasteiger partial charge is 0.394 e. The van der Waals surface area contributed by atoms with Gasteiger partial charge >= 0.3 is 29.6 Å². The first-order chi connectivity index (χ1) is 8.46. The van der Waals surface area contributed by atoms with Crippen LogP contribution in [0.15, 0.2) is 10.0 Å². The maximum Gasteiger partial charge on any atom is 1.00 e. The van der Waals surface area contributed by atoms with Gasteiger partial charge in [-0.3, -0.25) is 5.22 Å². The second kappa shape index (κ2) is 7.16. The predicted octanol–water partition coefficient (Wildman–Crippen LogP) is 3.91. The van der Waals surface area contributed by atoms with Crippen LogP contribution in [0.1, 0.15) is 62.3 Å². The zero-order valence-electron chi connectivity index (χ0n) is 16.8. The van der Waals surface area contributed by atoms with E-state index in [1.807, 2.05) is 0 Å². The number of hydrogen-bond donors (Lipinski definition) is 0. The van der Waals surface area contributed by atoms with E-state index in [0.29, 0.717) is 0 Å². The quantitative estimate of drug-likeness (QED) is 0.425. The van der Waals surface area contributed by atoms with Crippen molar-refractivity contribution in [3.05, 3.63) is 5.09 Å². The molecule has 0 saturated carbocycles. The molecule has 0 fully saturated rings. The monoisotopic (exact) mass is 337 g/mol. The van der Waals surface area contributed by atoms with Gasteiger partial charge in [-0.05, 0) is 15.1 Å². The maximum atomic E-state index is 4.99. The summed E-state index contributed by atoms with van der Waals surface area (Å²) in [5.41, 5.74) is 0. The number of rotatable bonds is 3. The summed E-state index contributed by atoms with van der Waals surface area (Å²) in [6.07, 6.45) is 0. The molecule has 0 aliphatic carbocycles. The Balaban J connectivity index is 0. The SMILES string of the molecule is CC(C)(C)[Si]([N-]/N=N/[Si](C)(C)C)(C(C)(C)C)C(C)(C)C.[Na+]. The van der Waals surface area contributed by atoms with Crippen LogP contribution in [0.4, 0.5) is 0 Å². The molecule has 0 N–H and O–H groups in total. The molecule has 21 heavy (non-hydrogen) atoms. The van der Waals surface area contributed by atoms with Gasteiger partial charge in [-0.25, -0.2) is 0 Å². The summed E-state index contributed by atoms with van der Waals surface area (Å²) < 4.78 is 4.51. The van der Waals surface area contributed by atoms with E-state index in [4.69, 9.17) is 5.09 Å². The summed E-state index contributed by atoms with van der Waals surface area (Å²) in [7, 11) is -3.66. The molecule has 0 aromatic carbocycles. The normalized spacial score (nSPS) is 15.0. The van der Waals surface area contributed by atoms with Gasteiger partial charge in [-0.15, -0.1) is 0 Å². The molecule has 0 heterocycles. The van der Waals surface area contributed by atoms with Gasteiger partial charge in [0.2, 0.25) is 0 Å². The largest absolute Gasteiger partial charge is 1.00 e. The molecule has 0 amide bonds. The Morgan fingerprint density at radius 2 is 0.952 bits per heavy atom. The molecule has 0 rings (SSSR count). The molecular formula is C15H36N3NaSi2. The molecule has 0 spiro atoms. The van der Waals surface area contributed by atoms with Crippen molar-refractivity contribution in [3.63, 3.8) is 0 Å². The third kappa shape index (κ3) is 5.76. The minimum Gasteiger partial charge on any atom is -0.394 e. The zero-order valence-corrected chi connectivity index (χ0v) is 20.8. The first kappa shape index (κ1) is 24.1. The van der Waals surface area contributed by atoms with E-state index in [9.17, 15) is 0 Å². The first-order valence-corrected chi connectivity index (χ1v) is 13.0. The third-order valence-electron chi connectivity index (χ3n) is 3.80. The Bertz CT molecular complexity index is 319. The van der Waals surface area contributed by atoms with Crippen LogP contribution in [0.5, 0.6) is 0 Å². The van der Waals surface area contributed by atoms with E-state index in [0.717, 1.165) is 0 Å². The molecule has 0 unspecified atom stereocenters. The van der Waals surface area contributed by atoms with Gasteiger partial charge in [0.25, 0.3) is 0 Å². The van der Waals surface area contributed by atoms with E-state index >= 15 is 0 Å². The van der Waals surface area contributed by atoms with Crippen molar-refractivity contribution in [2.75, 3.05) is 0 Å². The van der Waals surface area contributed by atoms with Crippen LogP contribution in [0.2, 0.25) is 34.8 Å². The van der Waals surface area contributed by atoms with Gasteiger partial charge < -0.3 is 9.87 Å². The molecule has 3 nitrogen and oxygen atoms in total. The predicted molar refractivity (Wildman–Crippen MR) is 96.5 cm³/mol. The Kier molecular flexibility index (Phi) is 8.21. The second-order valence-electron chi connectivity index (χ2n) is 9.92. The fourth-order valence-corrected chi connectivity index (χ4v) is 12.3. The summed E-state index contributed by atoms with van der Waals surface area (Å²) in [5, 5.41) is 9.80. The minimum absolute atomic E-state index is 0. The van der Waals surface area contributed by atoms with E-state index in [2.05, 4.69) is 92.0 Å². The van der Waals surface area contributed by atoms with Crippen LogP contribution < -0.4 is 29.6 Å². The van der Waals surface area contributed by atoms with Crippen molar-refractivity contribution in [1.29, 1.82) is 0 Å². The van der Waals surface area contributed by atoms with Crippen molar-refractivity contribution in [2.24, 2.45) is 10.0 Å². The van der Waals surface area contributed by atoms with Crippen LogP contribution in [-0.2, 0) is 0 Å². The van der Waals surface area contributed by atoms with Gasteiger partial charge in [0.05, 0.1) is 16.5 Å². The average molecular weight is 338 g/mol. The number of nitrogens with zero attached hydrogens (tertiary/aromatic N) is 3. The Labute approximate surface area is 157 Å². The van der Waals surface area contributed by atoms with Crippen LogP contribution in [-0.4, -0.2) is 16.5 Å². The fraction of sp³-hybridized carbons (Fsp3) is 1.00. The Hall–Kier alpha value is 0.834. The molecule has 0 atom stereocenters. The maximum absolute atomic E-state index is 4.99. The molecule has 120 valence electrons. The van der Waals surface area contributed by atoms with Gasteiger partial charge in [0.1, 0.15) is 0 Å². The summed E-state index contributed by atoms with van der Waals surface area (Å²) in [6.45, 7) is 27.5. The van der Waals surface area contributed by atoms with Crippen LogP contribution in [0, 0.1) is 0 Å². The Morgan fingerprint density at radius 3 is 1.14 bits per heavy atom. The molecule has 0 radical (unpaired) electrons. The minimum atomic E-state index is -2.11. The summed E-state index contributed by atoms with van der Waals surface area (Å²) in [6, 6.07) is 0. The van der Waals surface area contributed by atoms with Gasteiger partial charge in [-0.1, -0.05) is 82.0 Å². The van der Waals surface area contributed by atoms with E-state index < -0.39 is 16.5 Å². The van der Waals surface area contributed by atoms with E-state index in [1.165, 1.54) is 0 Å². The van der Waals surface area contributed by atoms with Crippen LogP contribution in [0.3, 0.4) is 0 Å². The molecule has 0 saturated heterocycles. The molecule has 6 heteroatoms. The zero-order chi connectivity index (χ0) is 16.6. The van der Waals surface area contributed by atoms with Gasteiger partial charge in [-0.2, -0.15) is 0 Å². The fourth-order valence-electron chi connectivity index (χ4n) is 4.05. The van der Waals surface area contributed by atoms with E-state index in [1.54, 1.807) is 0 Å². The summed E-state index contributed by atoms with van der Waals surface area (Å²) in [4.78, 5) is 0. The Morgan fingerprint density at radius 1 is 0.667 bits per heavy atom. The van der Waals surface area contributed by atoms with Crippen LogP contribution in [0.25, 0.3) is 5.09 Å². The second-order valence-corrected chi connectivity index (χ2v) is 20.6. The standard InChI is InChI=1S/C15H36N3Si2.Na/c1-13(2,3)20(14(4,5)6,15(7,8)9)18-16-17-19(10,11)12;/h1-12H3;/q-1;+1. The topological polar surface area (TPSA) is 38.8 Å². The van der Waals surface area contributed by atoms with Crippen molar-refractivity contribution >= 4 is 16.5 Å². The van der Waals surface area contributed by atoms with Crippen LogP contribution >= 0.6 is 0 Å². The van der Waals surface area contributed by atoms with Crippen molar-refractivity contribution < 1.29 is 29.6 Å². The average Bonchev–Trinajstić information content (AvgIpc) is 2.03. The van der Waals surface area contributed by atoms with Crippen molar-refractivity contribution in [1.82, 2.24) is 0 Å². The molecule has 0 bridgehead atoms. The van der Waals surface area contributed by atoms with Crippen molar-refractivity contribution in [2.45, 2.75) is 97.1 Å². The first-order valence-electron chi connectivity index (χ1n) is 7.60. The molecule has 0 aromatic rings. The molecular weight excluding hydrogens is 301 g/mol. The number of hydrogen-bond acceptors (Lipinski definition) is 2. The summed E-state index contributed by atoms with van der Waals surface area (Å²) >= 11 is 0. The third-order valence-corrected chi connectivity index (χ3v) is 11.4. The molecule has 0 aromatic heterocycles.